The topological polar surface area (TPSA) is 90.0 Å². The number of nitrogens with zero attached hydrogens (tertiary/aromatic N) is 2. The number of benzene rings is 1. The molecule has 1 aliphatic rings. The van der Waals surface area contributed by atoms with Gasteiger partial charge in [-0.25, -0.2) is 4.79 Å². The maximum absolute atomic E-state index is 12.2. The van der Waals surface area contributed by atoms with Crippen LogP contribution in [-0.2, 0) is 9.47 Å². The Morgan fingerprint density at radius 3 is 2.47 bits per heavy atom. The molecule has 1 aromatic carbocycles. The molecule has 8 nitrogen and oxygen atoms in total. The van der Waals surface area contributed by atoms with Crippen molar-refractivity contribution in [2.75, 3.05) is 45.8 Å². The largest absolute Gasteiger partial charge is 0.497 e. The minimum atomic E-state index is -0.468. The number of rotatable bonds is 7. The number of nitrogens with one attached hydrogen (secondary N) is 1. The lowest BCUT2D eigenvalue weighted by Gasteiger charge is -2.33. The summed E-state index contributed by atoms with van der Waals surface area (Å²) in [5.74, 6) is 1.25. The van der Waals surface area contributed by atoms with Crippen molar-refractivity contribution >= 4 is 29.0 Å². The maximum atomic E-state index is 12.2. The number of aromatic nitrogens is 1. The van der Waals surface area contributed by atoms with Crippen LogP contribution in [-0.4, -0.2) is 68.3 Å². The van der Waals surface area contributed by atoms with Gasteiger partial charge in [-0.1, -0.05) is 0 Å². The van der Waals surface area contributed by atoms with Crippen LogP contribution >= 0.6 is 0 Å². The van der Waals surface area contributed by atoms with E-state index in [0.717, 1.165) is 61.0 Å². The molecule has 2 heterocycles. The first-order valence-corrected chi connectivity index (χ1v) is 11.8. The van der Waals surface area contributed by atoms with Gasteiger partial charge in [0.2, 0.25) is 0 Å². The third-order valence-corrected chi connectivity index (χ3v) is 5.64. The molecular formula is C26H39N3O5. The second kappa shape index (κ2) is 13.1. The minimum Gasteiger partial charge on any atom is -0.497 e. The molecule has 1 fully saturated rings. The van der Waals surface area contributed by atoms with Crippen LogP contribution in [0.25, 0.3) is 10.9 Å². The van der Waals surface area contributed by atoms with Gasteiger partial charge in [0.25, 0.3) is 0 Å². The fourth-order valence-corrected chi connectivity index (χ4v) is 3.73. The Balaban J connectivity index is 0.000000945. The number of methoxy groups -OCH3 is 2. The number of hydrogen-bond donors (Lipinski definition) is 1. The Bertz CT molecular complexity index is 932. The van der Waals surface area contributed by atoms with E-state index in [-0.39, 0.29) is 6.09 Å². The van der Waals surface area contributed by atoms with E-state index in [1.54, 1.807) is 25.3 Å². The zero-order valence-electron chi connectivity index (χ0n) is 21.3. The molecule has 8 heteroatoms. The van der Waals surface area contributed by atoms with Crippen molar-refractivity contribution in [3.63, 3.8) is 0 Å². The first-order chi connectivity index (χ1) is 16.2. The second-order valence-electron chi connectivity index (χ2n) is 9.29. The number of piperidine rings is 1. The van der Waals surface area contributed by atoms with E-state index in [4.69, 9.17) is 9.47 Å². The van der Waals surface area contributed by atoms with Gasteiger partial charge in [-0.15, -0.1) is 0 Å². The van der Waals surface area contributed by atoms with Gasteiger partial charge in [0, 0.05) is 44.9 Å². The normalized spacial score (nSPS) is 14.2. The zero-order chi connectivity index (χ0) is 25.1. The number of pyridine rings is 1. The van der Waals surface area contributed by atoms with Gasteiger partial charge < -0.3 is 24.4 Å². The molecule has 1 aliphatic heterocycles. The number of likely N-dealkylation sites (tertiary alicyclic amines) is 1. The molecule has 1 saturated heterocycles. The van der Waals surface area contributed by atoms with Gasteiger partial charge in [-0.2, -0.15) is 0 Å². The molecule has 1 amide bonds. The van der Waals surface area contributed by atoms with Gasteiger partial charge in [0.15, 0.2) is 6.29 Å². The highest BCUT2D eigenvalue weighted by Crippen LogP contribution is 2.29. The monoisotopic (exact) mass is 473 g/mol. The Hall–Kier alpha value is -2.87. The molecule has 0 spiro atoms. The summed E-state index contributed by atoms with van der Waals surface area (Å²) in [6.07, 6.45) is 5.07. The van der Waals surface area contributed by atoms with Gasteiger partial charge >= 0.3 is 6.09 Å². The van der Waals surface area contributed by atoms with E-state index in [1.165, 1.54) is 0 Å². The van der Waals surface area contributed by atoms with Crippen molar-refractivity contribution in [1.82, 2.24) is 9.88 Å². The predicted octanol–water partition coefficient (Wildman–Crippen LogP) is 5.16. The molecule has 0 unspecified atom stereocenters. The SMILES string of the molecule is CCOC.COc1ccc2ncc(C=O)c(NCCC3CCN(C(=O)OC(C)(C)C)CC3)c2c1. The van der Waals surface area contributed by atoms with Crippen LogP contribution in [0.2, 0.25) is 0 Å². The van der Waals surface area contributed by atoms with Crippen molar-refractivity contribution in [3.8, 4) is 5.75 Å². The number of amides is 1. The first kappa shape index (κ1) is 27.4. The summed E-state index contributed by atoms with van der Waals surface area (Å²) in [7, 11) is 3.30. The minimum absolute atomic E-state index is 0.230. The van der Waals surface area contributed by atoms with E-state index < -0.39 is 5.60 Å². The van der Waals surface area contributed by atoms with E-state index in [2.05, 4.69) is 15.0 Å². The van der Waals surface area contributed by atoms with E-state index in [9.17, 15) is 9.59 Å². The molecular weight excluding hydrogens is 434 g/mol. The van der Waals surface area contributed by atoms with E-state index >= 15 is 0 Å². The number of hydrogen-bond acceptors (Lipinski definition) is 7. The first-order valence-electron chi connectivity index (χ1n) is 11.8. The summed E-state index contributed by atoms with van der Waals surface area (Å²) in [5, 5.41) is 4.31. The highest BCUT2D eigenvalue weighted by atomic mass is 16.6. The van der Waals surface area contributed by atoms with Crippen molar-refractivity contribution in [2.24, 2.45) is 5.92 Å². The molecule has 0 bridgehead atoms. The molecule has 0 aliphatic carbocycles. The van der Waals surface area contributed by atoms with Crippen molar-refractivity contribution in [1.29, 1.82) is 0 Å². The molecule has 0 atom stereocenters. The molecule has 1 N–H and O–H groups in total. The number of carbonyl (C=O) groups excluding carboxylic acids is 2. The molecule has 0 radical (unpaired) electrons. The van der Waals surface area contributed by atoms with E-state index in [1.807, 2.05) is 45.9 Å². The summed E-state index contributed by atoms with van der Waals surface area (Å²) in [4.78, 5) is 29.9. The van der Waals surface area contributed by atoms with Gasteiger partial charge in [0.05, 0.1) is 23.9 Å². The van der Waals surface area contributed by atoms with Crippen LogP contribution in [0.15, 0.2) is 24.4 Å². The Kier molecular flexibility index (Phi) is 10.6. The number of carbonyl (C=O) groups is 2. The average Bonchev–Trinajstić information content (AvgIpc) is 2.83. The van der Waals surface area contributed by atoms with Crippen LogP contribution in [0.4, 0.5) is 10.5 Å². The molecule has 1 aromatic heterocycles. The van der Waals surface area contributed by atoms with Crippen LogP contribution in [0.1, 0.15) is 57.3 Å². The molecule has 0 saturated carbocycles. The van der Waals surface area contributed by atoms with E-state index in [0.29, 0.717) is 24.6 Å². The van der Waals surface area contributed by atoms with Crippen molar-refractivity contribution in [2.45, 2.75) is 52.6 Å². The number of fused-ring (bicyclic) bond motifs is 1. The summed E-state index contributed by atoms with van der Waals surface area (Å²) in [6.45, 7) is 10.6. The third kappa shape index (κ3) is 8.17. The lowest BCUT2D eigenvalue weighted by Crippen LogP contribution is -2.41. The maximum Gasteiger partial charge on any atom is 0.410 e. The van der Waals surface area contributed by atoms with Crippen LogP contribution in [0.3, 0.4) is 0 Å². The Morgan fingerprint density at radius 1 is 1.24 bits per heavy atom. The third-order valence-electron chi connectivity index (χ3n) is 5.64. The lowest BCUT2D eigenvalue weighted by molar-refractivity contribution is 0.0182. The number of aldehydes is 1. The summed E-state index contributed by atoms with van der Waals surface area (Å²) >= 11 is 0. The van der Waals surface area contributed by atoms with Crippen molar-refractivity contribution < 1.29 is 23.8 Å². The predicted molar refractivity (Wildman–Crippen MR) is 135 cm³/mol. The number of anilines is 1. The quantitative estimate of drug-likeness (QED) is 0.556. The van der Waals surface area contributed by atoms with Crippen LogP contribution in [0, 0.1) is 5.92 Å². The molecule has 188 valence electrons. The molecule has 2 aromatic rings. The van der Waals surface area contributed by atoms with Gasteiger partial charge in [0.1, 0.15) is 11.4 Å². The summed E-state index contributed by atoms with van der Waals surface area (Å²) < 4.78 is 15.3. The van der Waals surface area contributed by atoms with Crippen molar-refractivity contribution in [3.05, 3.63) is 30.0 Å². The lowest BCUT2D eigenvalue weighted by atomic mass is 9.93. The fraction of sp³-hybridized carbons (Fsp3) is 0.577. The highest BCUT2D eigenvalue weighted by Gasteiger charge is 2.26. The Morgan fingerprint density at radius 2 is 1.91 bits per heavy atom. The van der Waals surface area contributed by atoms with Gasteiger partial charge in [-0.3, -0.25) is 9.78 Å². The highest BCUT2D eigenvalue weighted by molar-refractivity contribution is 6.00. The summed E-state index contributed by atoms with van der Waals surface area (Å²) in [5.41, 5.74) is 1.68. The number of ether oxygens (including phenoxy) is 3. The fourth-order valence-electron chi connectivity index (χ4n) is 3.73. The molecule has 34 heavy (non-hydrogen) atoms. The smallest absolute Gasteiger partial charge is 0.410 e. The van der Waals surface area contributed by atoms with Crippen LogP contribution < -0.4 is 10.1 Å². The molecule has 3 rings (SSSR count). The standard InChI is InChI=1S/C23H31N3O4.C3H8O/c1-23(2,3)30-22(28)26-11-8-16(9-12-26)7-10-24-21-17(15-27)14-25-20-6-5-18(29-4)13-19(20)21;1-3-4-2/h5-6,13-16H,7-12H2,1-4H3,(H,24,25);3H2,1-2H3. The zero-order valence-corrected chi connectivity index (χ0v) is 21.3. The average molecular weight is 474 g/mol. The van der Waals surface area contributed by atoms with Gasteiger partial charge in [-0.05, 0) is 71.1 Å². The van der Waals surface area contributed by atoms with Crippen LogP contribution in [0.5, 0.6) is 5.75 Å². The summed E-state index contributed by atoms with van der Waals surface area (Å²) in [6, 6.07) is 5.65. The Labute approximate surface area is 203 Å². The second-order valence-corrected chi connectivity index (χ2v) is 9.29.